The second-order valence-corrected chi connectivity index (χ2v) is 6.98. The summed E-state index contributed by atoms with van der Waals surface area (Å²) in [5, 5.41) is 0. The van der Waals surface area contributed by atoms with E-state index in [0.29, 0.717) is 16.7 Å². The molecule has 0 saturated carbocycles. The molecule has 0 N–H and O–H groups in total. The third-order valence-corrected chi connectivity index (χ3v) is 5.12. The maximum Gasteiger partial charge on any atom is 0.150 e. The third kappa shape index (κ3) is 3.87. The Labute approximate surface area is 174 Å². The van der Waals surface area contributed by atoms with E-state index in [-0.39, 0.29) is 0 Å². The molecule has 0 fully saturated rings. The highest BCUT2D eigenvalue weighted by Gasteiger charge is 2.10. The first-order valence-electron chi connectivity index (χ1n) is 9.53. The zero-order chi connectivity index (χ0) is 20.9. The van der Waals surface area contributed by atoms with Crippen molar-refractivity contribution in [1.29, 1.82) is 0 Å². The van der Waals surface area contributed by atoms with Crippen molar-refractivity contribution in [3.8, 4) is 33.4 Å². The van der Waals surface area contributed by atoms with E-state index in [4.69, 9.17) is 0 Å². The molecule has 0 unspecified atom stereocenters. The second kappa shape index (κ2) is 8.50. The summed E-state index contributed by atoms with van der Waals surface area (Å²) < 4.78 is 0. The number of carbonyl (C=O) groups excluding carboxylic acids is 3. The fourth-order valence-electron chi connectivity index (χ4n) is 3.45. The maximum absolute atomic E-state index is 11.0. The van der Waals surface area contributed by atoms with Gasteiger partial charge in [-0.15, -0.1) is 0 Å². The van der Waals surface area contributed by atoms with Crippen molar-refractivity contribution in [1.82, 2.24) is 0 Å². The normalized spacial score (nSPS) is 10.4. The molecule has 0 aliphatic carbocycles. The van der Waals surface area contributed by atoms with Gasteiger partial charge in [-0.2, -0.15) is 0 Å². The Bertz CT molecular complexity index is 1200. The van der Waals surface area contributed by atoms with Gasteiger partial charge in [0, 0.05) is 16.7 Å². The van der Waals surface area contributed by atoms with Crippen LogP contribution in [0.1, 0.15) is 31.1 Å². The van der Waals surface area contributed by atoms with Crippen LogP contribution in [0.25, 0.3) is 33.4 Å². The van der Waals surface area contributed by atoms with Gasteiger partial charge in [0.05, 0.1) is 0 Å². The van der Waals surface area contributed by atoms with E-state index in [9.17, 15) is 14.4 Å². The summed E-state index contributed by atoms with van der Waals surface area (Å²) in [7, 11) is 0. The maximum atomic E-state index is 11.0. The van der Waals surface area contributed by atoms with E-state index in [0.717, 1.165) is 52.2 Å². The minimum Gasteiger partial charge on any atom is -0.298 e. The molecule has 144 valence electrons. The monoisotopic (exact) mass is 390 g/mol. The highest BCUT2D eigenvalue weighted by molar-refractivity contribution is 5.89. The zero-order valence-electron chi connectivity index (χ0n) is 16.1. The molecule has 0 bridgehead atoms. The largest absolute Gasteiger partial charge is 0.298 e. The molecule has 4 aromatic rings. The Morgan fingerprint density at radius 3 is 1.17 bits per heavy atom. The van der Waals surface area contributed by atoms with Gasteiger partial charge >= 0.3 is 0 Å². The van der Waals surface area contributed by atoms with Crippen LogP contribution in [-0.2, 0) is 0 Å². The molecule has 0 aliphatic rings. The highest BCUT2D eigenvalue weighted by Crippen LogP contribution is 2.36. The van der Waals surface area contributed by atoms with Crippen LogP contribution >= 0.6 is 0 Å². The summed E-state index contributed by atoms with van der Waals surface area (Å²) in [5.41, 5.74) is 7.95. The minimum absolute atomic E-state index is 0.622. The van der Waals surface area contributed by atoms with Gasteiger partial charge in [-0.3, -0.25) is 14.4 Å². The first-order valence-corrected chi connectivity index (χ1v) is 9.53. The van der Waals surface area contributed by atoms with Crippen LogP contribution in [0.5, 0.6) is 0 Å². The van der Waals surface area contributed by atoms with Crippen LogP contribution in [-0.4, -0.2) is 18.9 Å². The van der Waals surface area contributed by atoms with Gasteiger partial charge in [0.25, 0.3) is 0 Å². The van der Waals surface area contributed by atoms with E-state index >= 15 is 0 Å². The Hall–Kier alpha value is -4.11. The predicted octanol–water partition coefficient (Wildman–Crippen LogP) is 6.13. The van der Waals surface area contributed by atoms with Crippen LogP contribution in [0.2, 0.25) is 0 Å². The smallest absolute Gasteiger partial charge is 0.150 e. The molecule has 0 aromatic heterocycles. The Morgan fingerprint density at radius 2 is 0.733 bits per heavy atom. The lowest BCUT2D eigenvalue weighted by molar-refractivity contribution is 0.111. The molecule has 0 spiro atoms. The SMILES string of the molecule is O=Cc1ccc(-c2ccc(-c3ccc(C=O)cc3)c(-c3ccc(C=O)cc3)c2)cc1. The molecule has 30 heavy (non-hydrogen) atoms. The Morgan fingerprint density at radius 1 is 0.367 bits per heavy atom. The molecule has 0 atom stereocenters. The predicted molar refractivity (Wildman–Crippen MR) is 119 cm³/mol. The molecular formula is C27H18O3. The number of rotatable bonds is 6. The Kier molecular flexibility index (Phi) is 5.44. The fourth-order valence-corrected chi connectivity index (χ4v) is 3.45. The van der Waals surface area contributed by atoms with Gasteiger partial charge in [0.15, 0.2) is 0 Å². The van der Waals surface area contributed by atoms with Gasteiger partial charge in [-0.05, 0) is 39.4 Å². The lowest BCUT2D eigenvalue weighted by Crippen LogP contribution is -1.90. The van der Waals surface area contributed by atoms with Gasteiger partial charge in [-0.25, -0.2) is 0 Å². The summed E-state index contributed by atoms with van der Waals surface area (Å²) in [6.45, 7) is 0. The molecule has 3 nitrogen and oxygen atoms in total. The van der Waals surface area contributed by atoms with Crippen LogP contribution in [0.4, 0.5) is 0 Å². The van der Waals surface area contributed by atoms with E-state index in [1.165, 1.54) is 0 Å². The van der Waals surface area contributed by atoms with E-state index in [1.807, 2.05) is 42.5 Å². The molecular weight excluding hydrogens is 372 g/mol. The first kappa shape index (κ1) is 19.2. The fraction of sp³-hybridized carbons (Fsp3) is 0. The Balaban J connectivity index is 1.86. The van der Waals surface area contributed by atoms with E-state index < -0.39 is 0 Å². The summed E-state index contributed by atoms with van der Waals surface area (Å²) in [5.74, 6) is 0. The lowest BCUT2D eigenvalue weighted by Gasteiger charge is -2.14. The molecule has 4 rings (SSSR count). The van der Waals surface area contributed by atoms with Crippen LogP contribution < -0.4 is 0 Å². The topological polar surface area (TPSA) is 51.2 Å². The second-order valence-electron chi connectivity index (χ2n) is 6.98. The van der Waals surface area contributed by atoms with Crippen LogP contribution in [0.3, 0.4) is 0 Å². The number of aldehydes is 3. The quantitative estimate of drug-likeness (QED) is 0.372. The lowest BCUT2D eigenvalue weighted by atomic mass is 9.90. The van der Waals surface area contributed by atoms with Gasteiger partial charge in [0.1, 0.15) is 18.9 Å². The van der Waals surface area contributed by atoms with Crippen LogP contribution in [0, 0.1) is 0 Å². The summed E-state index contributed by atoms with van der Waals surface area (Å²) >= 11 is 0. The molecule has 4 aromatic carbocycles. The molecule has 0 saturated heterocycles. The molecule has 0 aliphatic heterocycles. The summed E-state index contributed by atoms with van der Waals surface area (Å²) in [6.07, 6.45) is 2.48. The minimum atomic E-state index is 0.622. The number of carbonyl (C=O) groups is 3. The van der Waals surface area contributed by atoms with Crippen LogP contribution in [0.15, 0.2) is 91.0 Å². The van der Waals surface area contributed by atoms with Gasteiger partial charge in [-0.1, -0.05) is 84.9 Å². The van der Waals surface area contributed by atoms with E-state index in [2.05, 4.69) is 12.1 Å². The number of hydrogen-bond donors (Lipinski definition) is 0. The van der Waals surface area contributed by atoms with Gasteiger partial charge in [0.2, 0.25) is 0 Å². The zero-order valence-corrected chi connectivity index (χ0v) is 16.1. The average molecular weight is 390 g/mol. The first-order chi connectivity index (χ1) is 14.7. The van der Waals surface area contributed by atoms with Crippen molar-refractivity contribution < 1.29 is 14.4 Å². The molecule has 0 amide bonds. The summed E-state index contributed by atoms with van der Waals surface area (Å²) in [6, 6.07) is 28.6. The van der Waals surface area contributed by atoms with Crippen molar-refractivity contribution in [3.63, 3.8) is 0 Å². The molecule has 3 heteroatoms. The molecule has 0 heterocycles. The van der Waals surface area contributed by atoms with E-state index in [1.54, 1.807) is 36.4 Å². The van der Waals surface area contributed by atoms with Gasteiger partial charge < -0.3 is 0 Å². The number of benzene rings is 4. The molecule has 0 radical (unpaired) electrons. The van der Waals surface area contributed by atoms with Crippen molar-refractivity contribution in [3.05, 3.63) is 108 Å². The van der Waals surface area contributed by atoms with Crippen molar-refractivity contribution >= 4 is 18.9 Å². The summed E-state index contributed by atoms with van der Waals surface area (Å²) in [4.78, 5) is 33.0. The van der Waals surface area contributed by atoms with Crippen molar-refractivity contribution in [2.75, 3.05) is 0 Å². The standard InChI is InChI=1S/C27H18O3/c28-16-19-1-7-22(8-2-19)25-13-14-26(23-9-3-20(17-29)4-10-23)27(15-25)24-11-5-21(18-30)6-12-24/h1-18H. The number of hydrogen-bond acceptors (Lipinski definition) is 3. The average Bonchev–Trinajstić information content (AvgIpc) is 2.84. The van der Waals surface area contributed by atoms with Crippen molar-refractivity contribution in [2.45, 2.75) is 0 Å². The highest BCUT2D eigenvalue weighted by atomic mass is 16.1. The van der Waals surface area contributed by atoms with Crippen molar-refractivity contribution in [2.24, 2.45) is 0 Å². The third-order valence-electron chi connectivity index (χ3n) is 5.12.